The van der Waals surface area contributed by atoms with E-state index in [0.29, 0.717) is 18.3 Å². The molecule has 0 spiro atoms. The molecule has 0 aliphatic carbocycles. The van der Waals surface area contributed by atoms with Gasteiger partial charge in [0.05, 0.1) is 6.54 Å². The molecule has 2 heterocycles. The topological polar surface area (TPSA) is 75.2 Å². The van der Waals surface area contributed by atoms with E-state index in [4.69, 9.17) is 0 Å². The zero-order chi connectivity index (χ0) is 15.1. The molecule has 0 unspecified atom stereocenters. The Labute approximate surface area is 125 Å². The summed E-state index contributed by atoms with van der Waals surface area (Å²) in [6, 6.07) is 4.05. The molecule has 6 heteroatoms. The van der Waals surface area contributed by atoms with E-state index in [0.717, 1.165) is 32.4 Å². The lowest BCUT2D eigenvalue weighted by Crippen LogP contribution is -2.38. The molecule has 1 fully saturated rings. The lowest BCUT2D eigenvalue weighted by Gasteiger charge is -2.25. The number of hydrogen-bond donors (Lipinski definition) is 3. The molecule has 1 aromatic heterocycles. The molecule has 0 saturated carbocycles. The largest absolute Gasteiger partial charge is 0.355 e. The average Bonchev–Trinajstić information content (AvgIpc) is 3.01. The van der Waals surface area contributed by atoms with Gasteiger partial charge in [0, 0.05) is 18.8 Å². The van der Waals surface area contributed by atoms with Gasteiger partial charge in [0.25, 0.3) is 5.91 Å². The van der Waals surface area contributed by atoms with Crippen molar-refractivity contribution in [1.29, 1.82) is 0 Å². The summed E-state index contributed by atoms with van der Waals surface area (Å²) in [7, 11) is 0. The Bertz CT molecular complexity index is 478. The van der Waals surface area contributed by atoms with E-state index in [1.165, 1.54) is 0 Å². The second-order valence-corrected chi connectivity index (χ2v) is 5.31. The number of piperidine rings is 1. The molecule has 2 rings (SSSR count). The van der Waals surface area contributed by atoms with E-state index in [2.05, 4.69) is 16.0 Å². The highest BCUT2D eigenvalue weighted by Gasteiger charge is 2.20. The highest BCUT2D eigenvalue weighted by molar-refractivity contribution is 5.95. The zero-order valence-electron chi connectivity index (χ0n) is 12.5. The lowest BCUT2D eigenvalue weighted by molar-refractivity contribution is -0.120. The summed E-state index contributed by atoms with van der Waals surface area (Å²) in [5, 5.41) is 8.75. The highest BCUT2D eigenvalue weighted by Crippen LogP contribution is 2.21. The third-order valence-electron chi connectivity index (χ3n) is 3.70. The summed E-state index contributed by atoms with van der Waals surface area (Å²) < 4.78 is 2.03. The predicted octanol–water partition coefficient (Wildman–Crippen LogP) is 0.669. The van der Waals surface area contributed by atoms with Crippen LogP contribution in [0.2, 0.25) is 0 Å². The minimum atomic E-state index is -0.190. The third-order valence-corrected chi connectivity index (χ3v) is 3.70. The quantitative estimate of drug-likeness (QED) is 0.721. The van der Waals surface area contributed by atoms with Crippen LogP contribution in [0.4, 0.5) is 0 Å². The monoisotopic (exact) mass is 292 g/mol. The molecule has 3 N–H and O–H groups in total. The Balaban J connectivity index is 1.90. The van der Waals surface area contributed by atoms with Gasteiger partial charge in [-0.25, -0.2) is 0 Å². The molecular weight excluding hydrogens is 268 g/mol. The van der Waals surface area contributed by atoms with Crippen molar-refractivity contribution in [3.8, 4) is 0 Å². The van der Waals surface area contributed by atoms with E-state index in [9.17, 15) is 9.59 Å². The number of carbonyl (C=O) groups is 2. The molecule has 1 saturated heterocycles. The van der Waals surface area contributed by atoms with Crippen LogP contribution in [0.25, 0.3) is 0 Å². The summed E-state index contributed by atoms with van der Waals surface area (Å²) in [6.45, 7) is 4.60. The highest BCUT2D eigenvalue weighted by atomic mass is 16.2. The first kappa shape index (κ1) is 15.6. The maximum absolute atomic E-state index is 12.2. The van der Waals surface area contributed by atoms with E-state index >= 15 is 0 Å². The number of rotatable bonds is 6. The molecule has 0 aromatic carbocycles. The fourth-order valence-corrected chi connectivity index (χ4v) is 2.57. The number of carbonyl (C=O) groups excluding carboxylic acids is 2. The Kier molecular flexibility index (Phi) is 5.80. The molecule has 0 bridgehead atoms. The number of aromatic nitrogens is 1. The van der Waals surface area contributed by atoms with Crippen molar-refractivity contribution in [2.75, 3.05) is 26.2 Å². The van der Waals surface area contributed by atoms with Gasteiger partial charge >= 0.3 is 0 Å². The van der Waals surface area contributed by atoms with Gasteiger partial charge in [-0.1, -0.05) is 6.92 Å². The molecule has 1 aromatic rings. The number of amides is 2. The Morgan fingerprint density at radius 3 is 2.81 bits per heavy atom. The normalized spacial score (nSPS) is 15.7. The number of nitrogens with zero attached hydrogens (tertiary/aromatic N) is 1. The zero-order valence-corrected chi connectivity index (χ0v) is 12.5. The predicted molar refractivity (Wildman–Crippen MR) is 81.2 cm³/mol. The molecule has 2 amide bonds. The van der Waals surface area contributed by atoms with Gasteiger partial charge in [0.2, 0.25) is 5.91 Å². The van der Waals surface area contributed by atoms with Crippen LogP contribution in [-0.2, 0) is 4.79 Å². The minimum absolute atomic E-state index is 0.0240. The van der Waals surface area contributed by atoms with Crippen LogP contribution in [0.1, 0.15) is 42.7 Å². The Morgan fingerprint density at radius 1 is 1.33 bits per heavy atom. The molecule has 6 nitrogen and oxygen atoms in total. The average molecular weight is 292 g/mol. The van der Waals surface area contributed by atoms with Gasteiger partial charge in [0.15, 0.2) is 0 Å². The van der Waals surface area contributed by atoms with Gasteiger partial charge in [-0.2, -0.15) is 0 Å². The van der Waals surface area contributed by atoms with Gasteiger partial charge in [-0.15, -0.1) is 0 Å². The van der Waals surface area contributed by atoms with Crippen LogP contribution in [0, 0.1) is 0 Å². The molecule has 0 radical (unpaired) electrons. The molecular formula is C15H24N4O2. The van der Waals surface area contributed by atoms with E-state index < -0.39 is 0 Å². The lowest BCUT2D eigenvalue weighted by atomic mass is 10.1. The number of nitrogens with one attached hydrogen (secondary N) is 3. The van der Waals surface area contributed by atoms with E-state index in [1.54, 1.807) is 6.07 Å². The standard InChI is InChI=1S/C15H24N4O2/c1-2-7-17-14(20)11-18-15(21)13-4-3-10-19(13)12-5-8-16-9-6-12/h3-4,10,12,16H,2,5-9,11H2,1H3,(H,17,20)(H,18,21). The van der Waals surface area contributed by atoms with Crippen LogP contribution in [0.3, 0.4) is 0 Å². The van der Waals surface area contributed by atoms with Crippen molar-refractivity contribution >= 4 is 11.8 Å². The first-order valence-electron chi connectivity index (χ1n) is 7.64. The smallest absolute Gasteiger partial charge is 0.268 e. The van der Waals surface area contributed by atoms with Crippen LogP contribution >= 0.6 is 0 Å². The van der Waals surface area contributed by atoms with Crippen LogP contribution in [-0.4, -0.2) is 42.6 Å². The van der Waals surface area contributed by atoms with Crippen LogP contribution < -0.4 is 16.0 Å². The van der Waals surface area contributed by atoms with Crippen molar-refractivity contribution in [3.63, 3.8) is 0 Å². The first-order valence-corrected chi connectivity index (χ1v) is 7.64. The van der Waals surface area contributed by atoms with Gasteiger partial charge < -0.3 is 20.5 Å². The van der Waals surface area contributed by atoms with Gasteiger partial charge in [-0.05, 0) is 44.5 Å². The molecule has 116 valence electrons. The van der Waals surface area contributed by atoms with E-state index in [1.807, 2.05) is 23.8 Å². The summed E-state index contributed by atoms with van der Waals surface area (Å²) in [6.07, 6.45) is 4.87. The molecule has 1 aliphatic rings. The summed E-state index contributed by atoms with van der Waals surface area (Å²) >= 11 is 0. The first-order chi connectivity index (χ1) is 10.2. The fraction of sp³-hybridized carbons (Fsp3) is 0.600. The second kappa shape index (κ2) is 7.83. The maximum Gasteiger partial charge on any atom is 0.268 e. The van der Waals surface area contributed by atoms with Crippen molar-refractivity contribution in [1.82, 2.24) is 20.5 Å². The minimum Gasteiger partial charge on any atom is -0.355 e. The summed E-state index contributed by atoms with van der Waals surface area (Å²) in [5.41, 5.74) is 0.630. The fourth-order valence-electron chi connectivity index (χ4n) is 2.57. The second-order valence-electron chi connectivity index (χ2n) is 5.31. The van der Waals surface area contributed by atoms with Crippen molar-refractivity contribution in [2.24, 2.45) is 0 Å². The van der Waals surface area contributed by atoms with Crippen molar-refractivity contribution < 1.29 is 9.59 Å². The van der Waals surface area contributed by atoms with Gasteiger partial charge in [-0.3, -0.25) is 9.59 Å². The van der Waals surface area contributed by atoms with Crippen LogP contribution in [0.15, 0.2) is 18.3 Å². The molecule has 1 aliphatic heterocycles. The molecule has 0 atom stereocenters. The summed E-state index contributed by atoms with van der Waals surface area (Å²) in [4.78, 5) is 23.7. The maximum atomic E-state index is 12.2. The SMILES string of the molecule is CCCNC(=O)CNC(=O)c1cccn1C1CCNCC1. The van der Waals surface area contributed by atoms with Crippen molar-refractivity contribution in [3.05, 3.63) is 24.0 Å². The third kappa shape index (κ3) is 4.32. The molecule has 21 heavy (non-hydrogen) atoms. The van der Waals surface area contributed by atoms with Crippen molar-refractivity contribution in [2.45, 2.75) is 32.2 Å². The summed E-state index contributed by atoms with van der Waals surface area (Å²) in [5.74, 6) is -0.338. The Hall–Kier alpha value is -1.82. The van der Waals surface area contributed by atoms with E-state index in [-0.39, 0.29) is 18.4 Å². The van der Waals surface area contributed by atoms with Gasteiger partial charge in [0.1, 0.15) is 5.69 Å². The van der Waals surface area contributed by atoms with Crippen LogP contribution in [0.5, 0.6) is 0 Å². The Morgan fingerprint density at radius 2 is 2.10 bits per heavy atom. The number of hydrogen-bond acceptors (Lipinski definition) is 3.